The Balaban J connectivity index is 3.26. The topological polar surface area (TPSA) is 35.2 Å². The van der Waals surface area contributed by atoms with Crippen LogP contribution < -0.4 is 5.90 Å². The summed E-state index contributed by atoms with van der Waals surface area (Å²) in [5, 5.41) is -0.878. The van der Waals surface area contributed by atoms with Crippen molar-refractivity contribution in [3.8, 4) is 0 Å². The quantitative estimate of drug-likeness (QED) is 0.529. The molecule has 0 fully saturated rings. The van der Waals surface area contributed by atoms with E-state index in [1.165, 1.54) is 0 Å². The van der Waals surface area contributed by atoms with Gasteiger partial charge in [-0.2, -0.15) is 0 Å². The second-order valence-electron chi connectivity index (χ2n) is 2.67. The summed E-state index contributed by atoms with van der Waals surface area (Å²) in [6.07, 6.45) is -0.0616. The Kier molecular flexibility index (Phi) is 4.39. The zero-order valence-corrected chi connectivity index (χ0v) is 9.63. The van der Waals surface area contributed by atoms with Crippen LogP contribution in [0.25, 0.3) is 0 Å². The number of benzene rings is 1. The first-order valence-corrected chi connectivity index (χ1v) is 4.99. The second-order valence-corrected chi connectivity index (χ2v) is 3.84. The lowest BCUT2D eigenvalue weighted by atomic mass is 10.1. The zero-order valence-electron chi connectivity index (χ0n) is 7.29. The SMILES string of the molecule is NOCCc1c(F)c(F)c(Cl)c(F)c1Br. The molecule has 0 spiro atoms. The standard InChI is InChI=1S/C8H6BrClF3NO/c9-4-3(1-2-15-14)6(11)8(13)5(10)7(4)12/h1-2,14H2. The van der Waals surface area contributed by atoms with Gasteiger partial charge in [-0.05, 0) is 15.9 Å². The van der Waals surface area contributed by atoms with Gasteiger partial charge in [-0.25, -0.2) is 19.1 Å². The Bertz CT molecular complexity index is 360. The lowest BCUT2D eigenvalue weighted by molar-refractivity contribution is 0.140. The first-order chi connectivity index (χ1) is 7.00. The van der Waals surface area contributed by atoms with Crippen molar-refractivity contribution in [2.45, 2.75) is 6.42 Å². The molecule has 84 valence electrons. The normalized spacial score (nSPS) is 10.8. The van der Waals surface area contributed by atoms with Crippen LogP contribution in [0.2, 0.25) is 5.02 Å². The summed E-state index contributed by atoms with van der Waals surface area (Å²) in [4.78, 5) is 4.20. The highest BCUT2D eigenvalue weighted by atomic mass is 79.9. The van der Waals surface area contributed by atoms with E-state index in [0.29, 0.717) is 0 Å². The highest BCUT2D eigenvalue weighted by Crippen LogP contribution is 2.32. The van der Waals surface area contributed by atoms with E-state index in [2.05, 4.69) is 20.8 Å². The smallest absolute Gasteiger partial charge is 0.180 e. The average Bonchev–Trinajstić information content (AvgIpc) is 2.24. The predicted octanol–water partition coefficient (Wildman–Crippen LogP) is 2.95. The Morgan fingerprint density at radius 3 is 2.33 bits per heavy atom. The number of hydrogen-bond donors (Lipinski definition) is 1. The molecule has 1 rings (SSSR count). The molecule has 0 bridgehead atoms. The molecule has 0 saturated heterocycles. The lowest BCUT2D eigenvalue weighted by Gasteiger charge is -2.09. The summed E-state index contributed by atoms with van der Waals surface area (Å²) in [6, 6.07) is 0. The van der Waals surface area contributed by atoms with Gasteiger partial charge >= 0.3 is 0 Å². The average molecular weight is 304 g/mol. The van der Waals surface area contributed by atoms with Crippen molar-refractivity contribution in [3.63, 3.8) is 0 Å². The summed E-state index contributed by atoms with van der Waals surface area (Å²) in [5.74, 6) is 1.08. The molecule has 0 radical (unpaired) electrons. The first kappa shape index (κ1) is 12.8. The van der Waals surface area contributed by atoms with E-state index in [4.69, 9.17) is 17.5 Å². The monoisotopic (exact) mass is 303 g/mol. The summed E-state index contributed by atoms with van der Waals surface area (Å²) in [5.41, 5.74) is -0.195. The summed E-state index contributed by atoms with van der Waals surface area (Å²) >= 11 is 8.00. The van der Waals surface area contributed by atoms with Crippen molar-refractivity contribution >= 4 is 27.5 Å². The van der Waals surface area contributed by atoms with Crippen LogP contribution in [0.1, 0.15) is 5.56 Å². The maximum absolute atomic E-state index is 13.3. The largest absolute Gasteiger partial charge is 0.304 e. The third kappa shape index (κ3) is 2.44. The van der Waals surface area contributed by atoms with Crippen LogP contribution in [-0.2, 0) is 11.3 Å². The minimum Gasteiger partial charge on any atom is -0.304 e. The van der Waals surface area contributed by atoms with Crippen LogP contribution in [0, 0.1) is 17.5 Å². The minimum absolute atomic E-state index is 0.0595. The molecule has 0 amide bonds. The van der Waals surface area contributed by atoms with Gasteiger partial charge in [-0.1, -0.05) is 11.6 Å². The fourth-order valence-electron chi connectivity index (χ4n) is 1.03. The summed E-state index contributed by atoms with van der Waals surface area (Å²) < 4.78 is 39.3. The number of halogens is 5. The molecule has 1 aromatic rings. The molecular formula is C8H6BrClF3NO. The molecular weight excluding hydrogens is 298 g/mol. The van der Waals surface area contributed by atoms with E-state index >= 15 is 0 Å². The third-order valence-electron chi connectivity index (χ3n) is 1.77. The zero-order chi connectivity index (χ0) is 11.6. The first-order valence-electron chi connectivity index (χ1n) is 3.82. The number of rotatable bonds is 3. The molecule has 0 atom stereocenters. The maximum Gasteiger partial charge on any atom is 0.180 e. The van der Waals surface area contributed by atoms with Gasteiger partial charge in [0.05, 0.1) is 11.1 Å². The van der Waals surface area contributed by atoms with Gasteiger partial charge in [-0.15, -0.1) is 0 Å². The highest BCUT2D eigenvalue weighted by Gasteiger charge is 2.22. The number of hydrogen-bond acceptors (Lipinski definition) is 2. The fourth-order valence-corrected chi connectivity index (χ4v) is 1.89. The molecule has 0 aromatic heterocycles. The summed E-state index contributed by atoms with van der Waals surface area (Å²) in [6.45, 7) is -0.0595. The van der Waals surface area contributed by atoms with Gasteiger partial charge < -0.3 is 4.84 Å². The van der Waals surface area contributed by atoms with Gasteiger partial charge in [0.2, 0.25) is 0 Å². The van der Waals surface area contributed by atoms with Gasteiger partial charge in [0.25, 0.3) is 0 Å². The molecule has 0 aliphatic heterocycles. The van der Waals surface area contributed by atoms with Gasteiger partial charge in [0.15, 0.2) is 17.5 Å². The Morgan fingerprint density at radius 2 is 1.80 bits per heavy atom. The van der Waals surface area contributed by atoms with E-state index in [1.54, 1.807) is 0 Å². The lowest BCUT2D eigenvalue weighted by Crippen LogP contribution is -2.08. The van der Waals surface area contributed by atoms with E-state index in [0.717, 1.165) is 0 Å². The molecule has 15 heavy (non-hydrogen) atoms. The minimum atomic E-state index is -1.41. The molecule has 0 aliphatic rings. The fraction of sp³-hybridized carbons (Fsp3) is 0.250. The Hall–Kier alpha value is -0.300. The van der Waals surface area contributed by atoms with Crippen molar-refractivity contribution in [2.24, 2.45) is 5.90 Å². The molecule has 2 nitrogen and oxygen atoms in total. The van der Waals surface area contributed by atoms with Gasteiger partial charge in [0, 0.05) is 12.0 Å². The Morgan fingerprint density at radius 1 is 1.20 bits per heavy atom. The van der Waals surface area contributed by atoms with E-state index < -0.39 is 22.5 Å². The van der Waals surface area contributed by atoms with Crippen LogP contribution in [0.5, 0.6) is 0 Å². The predicted molar refractivity (Wildman–Crippen MR) is 52.9 cm³/mol. The van der Waals surface area contributed by atoms with Crippen LogP contribution in [0.3, 0.4) is 0 Å². The molecule has 0 saturated carbocycles. The summed E-state index contributed by atoms with van der Waals surface area (Å²) in [7, 11) is 0. The highest BCUT2D eigenvalue weighted by molar-refractivity contribution is 9.10. The van der Waals surface area contributed by atoms with E-state index in [9.17, 15) is 13.2 Å². The molecule has 1 aromatic carbocycles. The molecule has 0 aliphatic carbocycles. The maximum atomic E-state index is 13.3. The van der Waals surface area contributed by atoms with Crippen molar-refractivity contribution in [3.05, 3.63) is 32.5 Å². The molecule has 0 unspecified atom stereocenters. The number of nitrogens with two attached hydrogens (primary N) is 1. The van der Waals surface area contributed by atoms with Crippen molar-refractivity contribution < 1.29 is 18.0 Å². The van der Waals surface area contributed by atoms with Crippen molar-refractivity contribution in [1.82, 2.24) is 0 Å². The van der Waals surface area contributed by atoms with Crippen LogP contribution in [-0.4, -0.2) is 6.61 Å². The van der Waals surface area contributed by atoms with Crippen molar-refractivity contribution in [2.75, 3.05) is 6.61 Å². The molecule has 2 N–H and O–H groups in total. The Labute approximate surface area is 97.2 Å². The third-order valence-corrected chi connectivity index (χ3v) is 2.93. The van der Waals surface area contributed by atoms with Crippen LogP contribution in [0.4, 0.5) is 13.2 Å². The van der Waals surface area contributed by atoms with Crippen LogP contribution in [0.15, 0.2) is 4.47 Å². The van der Waals surface area contributed by atoms with E-state index in [1.807, 2.05) is 0 Å². The van der Waals surface area contributed by atoms with Crippen molar-refractivity contribution in [1.29, 1.82) is 0 Å². The van der Waals surface area contributed by atoms with E-state index in [-0.39, 0.29) is 23.1 Å². The van der Waals surface area contributed by atoms with Crippen LogP contribution >= 0.6 is 27.5 Å². The van der Waals surface area contributed by atoms with Gasteiger partial charge in [-0.3, -0.25) is 0 Å². The molecule has 7 heteroatoms. The van der Waals surface area contributed by atoms with Gasteiger partial charge in [0.1, 0.15) is 5.02 Å². The molecule has 0 heterocycles. The second kappa shape index (κ2) is 5.16.